The van der Waals surface area contributed by atoms with Gasteiger partial charge in [0.05, 0.1) is 30.9 Å². The third-order valence-electron chi connectivity index (χ3n) is 6.25. The van der Waals surface area contributed by atoms with Gasteiger partial charge in [0.2, 0.25) is 0 Å². The molecule has 2 heterocycles. The fourth-order valence-electron chi connectivity index (χ4n) is 4.63. The number of urea groups is 1. The average molecular weight is 409 g/mol. The van der Waals surface area contributed by atoms with Crippen LogP contribution in [0.5, 0.6) is 0 Å². The van der Waals surface area contributed by atoms with E-state index < -0.39 is 5.54 Å². The van der Waals surface area contributed by atoms with Crippen molar-refractivity contribution < 1.29 is 9.53 Å². The number of benzene rings is 3. The number of hydrogen-bond donors (Lipinski definition) is 0. The minimum atomic E-state index is -0.536. The van der Waals surface area contributed by atoms with Gasteiger partial charge in [0.25, 0.3) is 0 Å². The maximum atomic E-state index is 14.0. The molecule has 2 fully saturated rings. The Morgan fingerprint density at radius 2 is 1.55 bits per heavy atom. The summed E-state index contributed by atoms with van der Waals surface area (Å²) < 4.78 is 5.71. The molecule has 0 unspecified atom stereocenters. The lowest BCUT2D eigenvalue weighted by atomic mass is 9.82. The first-order chi connectivity index (χ1) is 15.0. The molecular weight excluding hydrogens is 386 g/mol. The number of aryl methyl sites for hydroxylation is 2. The molecule has 154 valence electrons. The van der Waals surface area contributed by atoms with Crippen LogP contribution in [-0.2, 0) is 4.74 Å². The molecule has 2 aliphatic heterocycles. The molecule has 31 heavy (non-hydrogen) atoms. The van der Waals surface area contributed by atoms with Gasteiger partial charge in [-0.2, -0.15) is 5.26 Å². The van der Waals surface area contributed by atoms with Crippen molar-refractivity contribution in [3.8, 4) is 6.07 Å². The molecule has 0 bridgehead atoms. The summed E-state index contributed by atoms with van der Waals surface area (Å²) in [6.45, 7) is 4.95. The lowest BCUT2D eigenvalue weighted by molar-refractivity contribution is -0.0580. The Morgan fingerprint density at radius 3 is 2.10 bits per heavy atom. The molecule has 5 nitrogen and oxygen atoms in total. The van der Waals surface area contributed by atoms with Gasteiger partial charge >= 0.3 is 6.03 Å². The van der Waals surface area contributed by atoms with Gasteiger partial charge in [0.1, 0.15) is 5.54 Å². The van der Waals surface area contributed by atoms with Crippen LogP contribution in [0.25, 0.3) is 0 Å². The second kappa shape index (κ2) is 7.26. The molecule has 1 atom stereocenters. The summed E-state index contributed by atoms with van der Waals surface area (Å²) in [5.41, 5.74) is 4.95. The van der Waals surface area contributed by atoms with E-state index in [-0.39, 0.29) is 12.1 Å². The third-order valence-corrected chi connectivity index (χ3v) is 6.25. The molecule has 2 aliphatic rings. The van der Waals surface area contributed by atoms with Crippen LogP contribution in [0.2, 0.25) is 0 Å². The van der Waals surface area contributed by atoms with E-state index in [9.17, 15) is 10.1 Å². The topological polar surface area (TPSA) is 56.6 Å². The maximum absolute atomic E-state index is 14.0. The molecular formula is C26H23N3O2. The number of ether oxygens (including phenoxy) is 1. The fraction of sp³-hybridized carbons (Fsp3) is 0.231. The molecule has 5 rings (SSSR count). The second-order valence-electron chi connectivity index (χ2n) is 8.40. The lowest BCUT2D eigenvalue weighted by Crippen LogP contribution is -2.62. The van der Waals surface area contributed by atoms with Crippen molar-refractivity contribution in [3.63, 3.8) is 0 Å². The lowest BCUT2D eigenvalue weighted by Gasteiger charge is -2.47. The molecule has 0 N–H and O–H groups in total. The van der Waals surface area contributed by atoms with E-state index in [1.54, 1.807) is 6.07 Å². The van der Waals surface area contributed by atoms with Crippen molar-refractivity contribution in [2.45, 2.75) is 25.4 Å². The maximum Gasteiger partial charge on any atom is 0.330 e. The first-order valence-electron chi connectivity index (χ1n) is 10.4. The van der Waals surface area contributed by atoms with Gasteiger partial charge in [0, 0.05) is 11.4 Å². The highest BCUT2D eigenvalue weighted by atomic mass is 16.5. The number of amides is 2. The fourth-order valence-corrected chi connectivity index (χ4v) is 4.63. The van der Waals surface area contributed by atoms with E-state index in [1.165, 1.54) is 0 Å². The van der Waals surface area contributed by atoms with E-state index in [1.807, 2.05) is 90.4 Å². The van der Waals surface area contributed by atoms with Crippen molar-refractivity contribution in [1.82, 2.24) is 0 Å². The molecule has 2 amide bonds. The van der Waals surface area contributed by atoms with Gasteiger partial charge in [-0.05, 0) is 55.8 Å². The molecule has 0 radical (unpaired) electrons. The number of nitriles is 1. The SMILES string of the molecule is Cc1ccc(N2C(=O)N(c3ccc(C)cc3)C3(COC3)[C@@H]2c2cccc(C#N)c2)cc1. The van der Waals surface area contributed by atoms with E-state index in [0.29, 0.717) is 18.8 Å². The second-order valence-corrected chi connectivity index (χ2v) is 8.40. The Hall–Kier alpha value is -3.62. The Kier molecular flexibility index (Phi) is 4.53. The van der Waals surface area contributed by atoms with Crippen LogP contribution < -0.4 is 9.80 Å². The normalized spacial score (nSPS) is 19.4. The van der Waals surface area contributed by atoms with Crippen LogP contribution in [0.15, 0.2) is 72.8 Å². The van der Waals surface area contributed by atoms with Crippen LogP contribution in [0, 0.1) is 25.2 Å². The Labute approximate surface area is 182 Å². The summed E-state index contributed by atoms with van der Waals surface area (Å²) in [6, 6.07) is 25.5. The Bertz CT molecular complexity index is 1170. The number of rotatable bonds is 3. The zero-order valence-corrected chi connectivity index (χ0v) is 17.6. The Balaban J connectivity index is 1.71. The molecule has 3 aromatic rings. The van der Waals surface area contributed by atoms with Crippen molar-refractivity contribution in [3.05, 3.63) is 95.1 Å². The summed E-state index contributed by atoms with van der Waals surface area (Å²) in [4.78, 5) is 17.7. The van der Waals surface area contributed by atoms with E-state index in [2.05, 4.69) is 6.07 Å². The van der Waals surface area contributed by atoms with E-state index in [4.69, 9.17) is 4.74 Å². The number of carbonyl (C=O) groups is 1. The molecule has 5 heteroatoms. The van der Waals surface area contributed by atoms with Crippen LogP contribution in [-0.4, -0.2) is 24.8 Å². The summed E-state index contributed by atoms with van der Waals surface area (Å²) in [5, 5.41) is 9.46. The summed E-state index contributed by atoms with van der Waals surface area (Å²) >= 11 is 0. The molecule has 0 aromatic heterocycles. The zero-order chi connectivity index (χ0) is 21.6. The van der Waals surface area contributed by atoms with Gasteiger partial charge in [-0.15, -0.1) is 0 Å². The van der Waals surface area contributed by atoms with Crippen molar-refractivity contribution in [2.24, 2.45) is 0 Å². The monoisotopic (exact) mass is 409 g/mol. The smallest absolute Gasteiger partial charge is 0.330 e. The van der Waals surface area contributed by atoms with E-state index >= 15 is 0 Å². The highest BCUT2D eigenvalue weighted by Crippen LogP contribution is 2.51. The number of anilines is 2. The number of hydrogen-bond acceptors (Lipinski definition) is 3. The Morgan fingerprint density at radius 1 is 0.935 bits per heavy atom. The van der Waals surface area contributed by atoms with Gasteiger partial charge in [-0.1, -0.05) is 47.5 Å². The number of carbonyl (C=O) groups excluding carboxylic acids is 1. The van der Waals surface area contributed by atoms with Crippen molar-refractivity contribution in [2.75, 3.05) is 23.0 Å². The standard InChI is InChI=1S/C26H23N3O2/c1-18-6-10-22(11-7-18)28-24(21-5-3-4-20(14-21)15-27)26(16-31-17-26)29(25(28)30)23-12-8-19(2)9-13-23/h3-14,24H,16-17H2,1-2H3/t24-/m0/s1. The molecule has 0 saturated carbocycles. The van der Waals surface area contributed by atoms with Crippen LogP contribution in [0.3, 0.4) is 0 Å². The van der Waals surface area contributed by atoms with Crippen molar-refractivity contribution >= 4 is 17.4 Å². The summed E-state index contributed by atoms with van der Waals surface area (Å²) in [5.74, 6) is 0. The highest BCUT2D eigenvalue weighted by molar-refractivity contribution is 6.09. The number of nitrogens with zero attached hydrogens (tertiary/aromatic N) is 3. The molecule has 3 aromatic carbocycles. The van der Waals surface area contributed by atoms with Gasteiger partial charge in [0.15, 0.2) is 0 Å². The average Bonchev–Trinajstić information content (AvgIpc) is 3.04. The van der Waals surface area contributed by atoms with Gasteiger partial charge < -0.3 is 4.74 Å². The first-order valence-corrected chi connectivity index (χ1v) is 10.4. The summed E-state index contributed by atoms with van der Waals surface area (Å²) in [6.07, 6.45) is 0. The predicted octanol–water partition coefficient (Wildman–Crippen LogP) is 5.13. The van der Waals surface area contributed by atoms with Crippen LogP contribution in [0.1, 0.15) is 28.3 Å². The molecule has 2 saturated heterocycles. The first kappa shape index (κ1) is 19.3. The van der Waals surface area contributed by atoms with Crippen molar-refractivity contribution in [1.29, 1.82) is 5.26 Å². The van der Waals surface area contributed by atoms with E-state index in [0.717, 1.165) is 28.1 Å². The molecule has 1 spiro atoms. The van der Waals surface area contributed by atoms with Gasteiger partial charge in [-0.3, -0.25) is 9.80 Å². The third kappa shape index (κ3) is 2.99. The quantitative estimate of drug-likeness (QED) is 0.602. The largest absolute Gasteiger partial charge is 0.376 e. The highest BCUT2D eigenvalue weighted by Gasteiger charge is 2.63. The minimum Gasteiger partial charge on any atom is -0.376 e. The zero-order valence-electron chi connectivity index (χ0n) is 17.6. The van der Waals surface area contributed by atoms with Crippen LogP contribution >= 0.6 is 0 Å². The predicted molar refractivity (Wildman–Crippen MR) is 120 cm³/mol. The molecule has 0 aliphatic carbocycles. The summed E-state index contributed by atoms with van der Waals surface area (Å²) in [7, 11) is 0. The van der Waals surface area contributed by atoms with Gasteiger partial charge in [-0.25, -0.2) is 4.79 Å². The van der Waals surface area contributed by atoms with Crippen LogP contribution in [0.4, 0.5) is 16.2 Å². The minimum absolute atomic E-state index is 0.0802.